The first-order valence-electron chi connectivity index (χ1n) is 10.9. The molecule has 1 atom stereocenters. The van der Waals surface area contributed by atoms with E-state index >= 15 is 0 Å². The zero-order valence-electron chi connectivity index (χ0n) is 20.2. The van der Waals surface area contributed by atoms with Crippen LogP contribution in [0.5, 0.6) is 0 Å². The molecule has 1 saturated heterocycles. The number of esters is 1. The SMILES string of the molecule is C=CCN1C(=O)C(CC(=O)OC(C)C)SC1=Nc1cc(-n2c(=O)cc(C(F)(F)F)n(C)c2=O)c(F)cc1Cl. The van der Waals surface area contributed by atoms with Crippen LogP contribution in [0.3, 0.4) is 0 Å². The van der Waals surface area contributed by atoms with Gasteiger partial charge in [-0.05, 0) is 26.0 Å². The van der Waals surface area contributed by atoms with E-state index in [-0.39, 0.29) is 50.1 Å². The van der Waals surface area contributed by atoms with Crippen LogP contribution in [-0.2, 0) is 27.5 Å². The predicted molar refractivity (Wildman–Crippen MR) is 133 cm³/mol. The molecule has 0 bridgehead atoms. The fourth-order valence-electron chi connectivity index (χ4n) is 3.49. The molecule has 2 heterocycles. The molecule has 9 nitrogen and oxygen atoms in total. The number of hydrogen-bond donors (Lipinski definition) is 0. The summed E-state index contributed by atoms with van der Waals surface area (Å²) in [6.07, 6.45) is -4.24. The fourth-order valence-corrected chi connectivity index (χ4v) is 4.83. The molecular weight excluding hydrogens is 556 g/mol. The quantitative estimate of drug-likeness (QED) is 0.282. The Kier molecular flexibility index (Phi) is 8.56. The zero-order chi connectivity index (χ0) is 28.5. The Hall–Kier alpha value is -3.39. The normalized spacial score (nSPS) is 17.0. The van der Waals surface area contributed by atoms with E-state index in [2.05, 4.69) is 11.6 Å². The fraction of sp³-hybridized carbons (Fsp3) is 0.348. The van der Waals surface area contributed by atoms with E-state index in [9.17, 15) is 36.7 Å². The first kappa shape index (κ1) is 29.2. The third-order valence-corrected chi connectivity index (χ3v) is 6.61. The van der Waals surface area contributed by atoms with E-state index in [1.807, 2.05) is 0 Å². The molecule has 0 saturated carbocycles. The number of amidine groups is 1. The van der Waals surface area contributed by atoms with E-state index in [0.717, 1.165) is 30.9 Å². The van der Waals surface area contributed by atoms with Gasteiger partial charge in [0, 0.05) is 19.7 Å². The molecule has 38 heavy (non-hydrogen) atoms. The lowest BCUT2D eigenvalue weighted by Crippen LogP contribution is -2.41. The second-order valence-electron chi connectivity index (χ2n) is 8.28. The summed E-state index contributed by atoms with van der Waals surface area (Å²) in [5.74, 6) is -2.25. The van der Waals surface area contributed by atoms with Crippen LogP contribution in [0.4, 0.5) is 23.2 Å². The molecule has 204 valence electrons. The Morgan fingerprint density at radius 3 is 2.50 bits per heavy atom. The van der Waals surface area contributed by atoms with Crippen molar-refractivity contribution in [2.45, 2.75) is 37.8 Å². The zero-order valence-corrected chi connectivity index (χ0v) is 21.8. The van der Waals surface area contributed by atoms with Crippen LogP contribution in [0.25, 0.3) is 5.69 Å². The smallest absolute Gasteiger partial charge is 0.431 e. The number of nitrogens with zero attached hydrogens (tertiary/aromatic N) is 4. The summed E-state index contributed by atoms with van der Waals surface area (Å²) >= 11 is 7.04. The number of carbonyl (C=O) groups is 2. The molecule has 1 aliphatic heterocycles. The minimum Gasteiger partial charge on any atom is -0.463 e. The Balaban J connectivity index is 2.10. The van der Waals surface area contributed by atoms with Gasteiger partial charge < -0.3 is 4.74 Å². The van der Waals surface area contributed by atoms with Crippen molar-refractivity contribution in [2.75, 3.05) is 6.54 Å². The number of ether oxygens (including phenoxy) is 1. The van der Waals surface area contributed by atoms with Crippen LogP contribution in [0, 0.1) is 5.82 Å². The highest BCUT2D eigenvalue weighted by molar-refractivity contribution is 8.15. The molecule has 0 spiro atoms. The van der Waals surface area contributed by atoms with Gasteiger partial charge in [-0.2, -0.15) is 13.2 Å². The molecule has 0 N–H and O–H groups in total. The first-order chi connectivity index (χ1) is 17.6. The first-order valence-corrected chi connectivity index (χ1v) is 12.2. The summed E-state index contributed by atoms with van der Waals surface area (Å²) in [5, 5.41) is -1.10. The van der Waals surface area contributed by atoms with Crippen molar-refractivity contribution in [3.63, 3.8) is 0 Å². The number of benzene rings is 1. The van der Waals surface area contributed by atoms with Gasteiger partial charge in [-0.1, -0.05) is 29.4 Å². The van der Waals surface area contributed by atoms with Crippen LogP contribution in [0.1, 0.15) is 26.0 Å². The third-order valence-electron chi connectivity index (χ3n) is 5.13. The molecule has 0 radical (unpaired) electrons. The Morgan fingerprint density at radius 1 is 1.26 bits per heavy atom. The minimum absolute atomic E-state index is 0.00493. The van der Waals surface area contributed by atoms with Gasteiger partial charge in [0.05, 0.1) is 28.9 Å². The molecule has 1 amide bonds. The number of aromatic nitrogens is 2. The lowest BCUT2D eigenvalue weighted by atomic mass is 10.2. The maximum atomic E-state index is 14.8. The Morgan fingerprint density at radius 2 is 1.92 bits per heavy atom. The second-order valence-corrected chi connectivity index (χ2v) is 9.86. The molecule has 1 fully saturated rings. The van der Waals surface area contributed by atoms with Crippen LogP contribution in [0.2, 0.25) is 5.02 Å². The molecule has 1 aliphatic rings. The van der Waals surface area contributed by atoms with Gasteiger partial charge >= 0.3 is 17.8 Å². The van der Waals surface area contributed by atoms with Crippen molar-refractivity contribution >= 4 is 46.1 Å². The summed E-state index contributed by atoms with van der Waals surface area (Å²) in [6.45, 7) is 6.89. The molecule has 3 rings (SSSR count). The van der Waals surface area contributed by atoms with Crippen molar-refractivity contribution in [1.82, 2.24) is 14.0 Å². The lowest BCUT2D eigenvalue weighted by Gasteiger charge is -2.16. The van der Waals surface area contributed by atoms with Crippen LogP contribution < -0.4 is 11.2 Å². The van der Waals surface area contributed by atoms with Crippen LogP contribution in [0.15, 0.2) is 45.4 Å². The molecule has 1 unspecified atom stereocenters. The van der Waals surface area contributed by atoms with Crippen LogP contribution >= 0.6 is 23.4 Å². The number of alkyl halides is 3. The van der Waals surface area contributed by atoms with Gasteiger partial charge in [0.25, 0.3) is 5.56 Å². The van der Waals surface area contributed by atoms with Crippen molar-refractivity contribution in [1.29, 1.82) is 0 Å². The van der Waals surface area contributed by atoms with E-state index in [1.165, 1.54) is 11.0 Å². The average Bonchev–Trinajstić information content (AvgIpc) is 3.06. The highest BCUT2D eigenvalue weighted by Crippen LogP contribution is 2.35. The molecular formula is C23H21ClF4N4O5S. The summed E-state index contributed by atoms with van der Waals surface area (Å²) in [4.78, 5) is 55.5. The molecule has 0 aliphatic carbocycles. The monoisotopic (exact) mass is 576 g/mol. The Bertz CT molecular complexity index is 1450. The average molecular weight is 577 g/mol. The second kappa shape index (κ2) is 11.2. The molecule has 1 aromatic heterocycles. The number of halogens is 5. The van der Waals surface area contributed by atoms with Gasteiger partial charge in [-0.3, -0.25) is 23.9 Å². The highest BCUT2D eigenvalue weighted by atomic mass is 35.5. The standard InChI is InChI=1S/C23H21ClF4N4O5S/c1-5-6-31-20(35)16(9-19(34)37-11(2)3)38-21(31)29-14-8-15(13(25)7-12(14)24)32-18(33)10-17(23(26,27)28)30(4)22(32)36/h5,7-8,10-11,16H,1,6,9H2,2-4H3. The predicted octanol–water partition coefficient (Wildman–Crippen LogP) is 3.81. The molecule has 15 heteroatoms. The van der Waals surface area contributed by atoms with Gasteiger partial charge in [-0.25, -0.2) is 18.7 Å². The number of carbonyl (C=O) groups excluding carboxylic acids is 2. The lowest BCUT2D eigenvalue weighted by molar-refractivity contribution is -0.148. The summed E-state index contributed by atoms with van der Waals surface area (Å²) < 4.78 is 59.8. The maximum absolute atomic E-state index is 14.8. The summed E-state index contributed by atoms with van der Waals surface area (Å²) in [6, 6.07) is 1.80. The molecule has 2 aromatic rings. The number of thioether (sulfide) groups is 1. The van der Waals surface area contributed by atoms with E-state index < -0.39 is 51.8 Å². The van der Waals surface area contributed by atoms with E-state index in [0.29, 0.717) is 0 Å². The van der Waals surface area contributed by atoms with Gasteiger partial charge in [0.1, 0.15) is 16.8 Å². The van der Waals surface area contributed by atoms with E-state index in [1.54, 1.807) is 13.8 Å². The largest absolute Gasteiger partial charge is 0.463 e. The third kappa shape index (κ3) is 6.01. The summed E-state index contributed by atoms with van der Waals surface area (Å²) in [7, 11) is 0.786. The number of amides is 1. The van der Waals surface area contributed by atoms with Crippen molar-refractivity contribution in [3.05, 3.63) is 68.2 Å². The highest BCUT2D eigenvalue weighted by Gasteiger charge is 2.39. The maximum Gasteiger partial charge on any atom is 0.431 e. The number of aliphatic imine (C=N–C) groups is 1. The topological polar surface area (TPSA) is 103 Å². The van der Waals surface area contributed by atoms with Gasteiger partial charge in [0.15, 0.2) is 5.17 Å². The van der Waals surface area contributed by atoms with Crippen molar-refractivity contribution in [2.24, 2.45) is 12.0 Å². The minimum atomic E-state index is -5.00. The van der Waals surface area contributed by atoms with Gasteiger partial charge in [-0.15, -0.1) is 6.58 Å². The molecule has 1 aromatic carbocycles. The Labute approximate surface area is 222 Å². The van der Waals surface area contributed by atoms with Crippen molar-refractivity contribution < 1.29 is 31.9 Å². The number of hydrogen-bond acceptors (Lipinski definition) is 7. The summed E-state index contributed by atoms with van der Waals surface area (Å²) in [5.41, 5.74) is -5.28. The number of rotatable bonds is 7. The van der Waals surface area contributed by atoms with E-state index in [4.69, 9.17) is 16.3 Å². The van der Waals surface area contributed by atoms with Gasteiger partial charge in [0.2, 0.25) is 5.91 Å². The van der Waals surface area contributed by atoms with Crippen LogP contribution in [-0.4, -0.2) is 49.0 Å². The van der Waals surface area contributed by atoms with Crippen molar-refractivity contribution in [3.8, 4) is 5.69 Å².